The van der Waals surface area contributed by atoms with Gasteiger partial charge in [-0.1, -0.05) is 54.6 Å². The molecule has 1 heterocycles. The number of benzene rings is 3. The van der Waals surface area contributed by atoms with Crippen molar-refractivity contribution in [3.63, 3.8) is 0 Å². The van der Waals surface area contributed by atoms with Crippen molar-refractivity contribution in [3.8, 4) is 5.69 Å². The molecule has 7 heteroatoms. The minimum Gasteiger partial charge on any atom is -0.461 e. The lowest BCUT2D eigenvalue weighted by molar-refractivity contribution is 0.0518. The van der Waals surface area contributed by atoms with E-state index in [1.54, 1.807) is 49.4 Å². The van der Waals surface area contributed by atoms with Gasteiger partial charge in [-0.15, -0.1) is 0 Å². The van der Waals surface area contributed by atoms with Gasteiger partial charge in [-0.3, -0.25) is 9.59 Å². The first-order valence-corrected chi connectivity index (χ1v) is 9.74. The summed E-state index contributed by atoms with van der Waals surface area (Å²) < 4.78 is 6.19. The van der Waals surface area contributed by atoms with Gasteiger partial charge in [0.2, 0.25) is 0 Å². The maximum Gasteiger partial charge on any atom is 0.360 e. The standard InChI is InChI=1S/C24H19N3O4/c1-2-31-24(30)22-20(15-21(28)27(26-22)17-11-4-3-5-12-17)25-23(29)19-14-8-10-16-9-6-7-13-18(16)19/h3-15H,2H2,1H3,(H,25,29). The number of anilines is 1. The van der Waals surface area contributed by atoms with E-state index in [4.69, 9.17) is 4.74 Å². The molecule has 0 unspecified atom stereocenters. The van der Waals surface area contributed by atoms with E-state index in [1.807, 2.05) is 30.3 Å². The molecule has 0 saturated heterocycles. The fourth-order valence-corrected chi connectivity index (χ4v) is 3.27. The van der Waals surface area contributed by atoms with Crippen LogP contribution in [-0.2, 0) is 4.74 Å². The van der Waals surface area contributed by atoms with E-state index in [-0.39, 0.29) is 18.0 Å². The van der Waals surface area contributed by atoms with Crippen LogP contribution < -0.4 is 10.9 Å². The Bertz CT molecular complexity index is 1320. The number of carbonyl (C=O) groups excluding carboxylic acids is 2. The van der Waals surface area contributed by atoms with Crippen molar-refractivity contribution in [2.24, 2.45) is 0 Å². The van der Waals surface area contributed by atoms with Gasteiger partial charge in [-0.2, -0.15) is 9.78 Å². The predicted octanol–water partition coefficient (Wildman–Crippen LogP) is 3.81. The Hall–Kier alpha value is -4.26. The Balaban J connectivity index is 1.78. The fraction of sp³-hybridized carbons (Fsp3) is 0.0833. The van der Waals surface area contributed by atoms with Gasteiger partial charge in [-0.05, 0) is 35.9 Å². The summed E-state index contributed by atoms with van der Waals surface area (Å²) in [5, 5.41) is 8.50. The van der Waals surface area contributed by atoms with Crippen LogP contribution in [0.25, 0.3) is 16.5 Å². The molecule has 0 bridgehead atoms. The zero-order valence-electron chi connectivity index (χ0n) is 16.7. The maximum atomic E-state index is 13.0. The number of carbonyl (C=O) groups is 2. The molecule has 4 aromatic rings. The van der Waals surface area contributed by atoms with E-state index in [2.05, 4.69) is 10.4 Å². The Morgan fingerprint density at radius 2 is 1.68 bits per heavy atom. The zero-order valence-corrected chi connectivity index (χ0v) is 16.7. The van der Waals surface area contributed by atoms with Gasteiger partial charge in [0.05, 0.1) is 18.0 Å². The molecule has 3 aromatic carbocycles. The van der Waals surface area contributed by atoms with Crippen molar-refractivity contribution in [3.05, 3.63) is 100 Å². The quantitative estimate of drug-likeness (QED) is 0.503. The highest BCUT2D eigenvalue weighted by Gasteiger charge is 2.21. The number of amides is 1. The molecule has 0 aliphatic carbocycles. The molecule has 0 aliphatic heterocycles. The average molecular weight is 413 g/mol. The Morgan fingerprint density at radius 3 is 2.45 bits per heavy atom. The molecule has 7 nitrogen and oxygen atoms in total. The normalized spacial score (nSPS) is 10.6. The summed E-state index contributed by atoms with van der Waals surface area (Å²) in [7, 11) is 0. The Kier molecular flexibility index (Phi) is 5.57. The zero-order chi connectivity index (χ0) is 21.8. The van der Waals surface area contributed by atoms with Gasteiger partial charge in [-0.25, -0.2) is 4.79 Å². The molecule has 0 saturated carbocycles. The van der Waals surface area contributed by atoms with E-state index >= 15 is 0 Å². The van der Waals surface area contributed by atoms with E-state index < -0.39 is 17.4 Å². The molecule has 1 amide bonds. The Morgan fingerprint density at radius 1 is 0.968 bits per heavy atom. The Labute approximate surface area is 177 Å². The van der Waals surface area contributed by atoms with E-state index in [1.165, 1.54) is 6.07 Å². The van der Waals surface area contributed by atoms with Gasteiger partial charge in [0.25, 0.3) is 11.5 Å². The molecule has 0 aliphatic rings. The first-order chi connectivity index (χ1) is 15.1. The second-order valence-corrected chi connectivity index (χ2v) is 6.69. The molecule has 0 fully saturated rings. The van der Waals surface area contributed by atoms with Crippen LogP contribution in [0.3, 0.4) is 0 Å². The van der Waals surface area contributed by atoms with Crippen LogP contribution in [0.15, 0.2) is 83.7 Å². The summed E-state index contributed by atoms with van der Waals surface area (Å²) in [4.78, 5) is 38.3. The number of nitrogens with one attached hydrogen (secondary N) is 1. The third kappa shape index (κ3) is 4.06. The first-order valence-electron chi connectivity index (χ1n) is 9.74. The summed E-state index contributed by atoms with van der Waals surface area (Å²) in [6.07, 6.45) is 0. The number of aromatic nitrogens is 2. The number of ether oxygens (including phenoxy) is 1. The van der Waals surface area contributed by atoms with Crippen molar-refractivity contribution < 1.29 is 14.3 Å². The number of fused-ring (bicyclic) bond motifs is 1. The van der Waals surface area contributed by atoms with E-state index in [0.29, 0.717) is 11.3 Å². The number of rotatable bonds is 5. The average Bonchev–Trinajstić information content (AvgIpc) is 2.79. The second kappa shape index (κ2) is 8.62. The minimum atomic E-state index is -0.736. The molecule has 1 aromatic heterocycles. The second-order valence-electron chi connectivity index (χ2n) is 6.69. The van der Waals surface area contributed by atoms with Gasteiger partial charge in [0, 0.05) is 11.6 Å². The van der Waals surface area contributed by atoms with Crippen LogP contribution in [0, 0.1) is 0 Å². The highest BCUT2D eigenvalue weighted by atomic mass is 16.5. The van der Waals surface area contributed by atoms with Crippen LogP contribution in [0.4, 0.5) is 5.69 Å². The SMILES string of the molecule is CCOC(=O)c1nn(-c2ccccc2)c(=O)cc1NC(=O)c1cccc2ccccc12. The molecule has 4 rings (SSSR count). The van der Waals surface area contributed by atoms with E-state index in [0.717, 1.165) is 15.5 Å². The van der Waals surface area contributed by atoms with Gasteiger partial charge >= 0.3 is 5.97 Å². The van der Waals surface area contributed by atoms with Crippen molar-refractivity contribution in [2.75, 3.05) is 11.9 Å². The van der Waals surface area contributed by atoms with Gasteiger partial charge in [0.1, 0.15) is 0 Å². The van der Waals surface area contributed by atoms with Crippen LogP contribution in [0.2, 0.25) is 0 Å². The summed E-state index contributed by atoms with van der Waals surface area (Å²) in [6.45, 7) is 1.79. The lowest BCUT2D eigenvalue weighted by atomic mass is 10.0. The van der Waals surface area contributed by atoms with Crippen molar-refractivity contribution >= 4 is 28.3 Å². The van der Waals surface area contributed by atoms with Gasteiger partial charge < -0.3 is 10.1 Å². The molecule has 154 valence electrons. The summed E-state index contributed by atoms with van der Waals surface area (Å²) in [5.41, 5.74) is 0.255. The number of hydrogen-bond donors (Lipinski definition) is 1. The summed E-state index contributed by atoms with van der Waals surface area (Å²) in [6, 6.07) is 22.7. The van der Waals surface area contributed by atoms with Crippen molar-refractivity contribution in [1.29, 1.82) is 0 Å². The number of nitrogens with zero attached hydrogens (tertiary/aromatic N) is 2. The lowest BCUT2D eigenvalue weighted by Gasteiger charge is -2.13. The number of para-hydroxylation sites is 1. The van der Waals surface area contributed by atoms with Gasteiger partial charge in [0.15, 0.2) is 5.69 Å². The molecule has 0 atom stereocenters. The molecular formula is C24H19N3O4. The van der Waals surface area contributed by atoms with Crippen LogP contribution in [0.1, 0.15) is 27.8 Å². The lowest BCUT2D eigenvalue weighted by Crippen LogP contribution is -2.27. The molecule has 1 N–H and O–H groups in total. The minimum absolute atomic E-state index is 0.00596. The molecular weight excluding hydrogens is 394 g/mol. The monoisotopic (exact) mass is 413 g/mol. The fourth-order valence-electron chi connectivity index (χ4n) is 3.27. The maximum absolute atomic E-state index is 13.0. The third-order valence-corrected chi connectivity index (χ3v) is 4.68. The summed E-state index contributed by atoms with van der Waals surface area (Å²) >= 11 is 0. The predicted molar refractivity (Wildman–Crippen MR) is 118 cm³/mol. The van der Waals surface area contributed by atoms with E-state index in [9.17, 15) is 14.4 Å². The van der Waals surface area contributed by atoms with Crippen LogP contribution >= 0.6 is 0 Å². The smallest absolute Gasteiger partial charge is 0.360 e. The van der Waals surface area contributed by atoms with Crippen molar-refractivity contribution in [2.45, 2.75) is 6.92 Å². The summed E-state index contributed by atoms with van der Waals surface area (Å²) in [5.74, 6) is -1.19. The van der Waals surface area contributed by atoms with Crippen LogP contribution in [0.5, 0.6) is 0 Å². The number of hydrogen-bond acceptors (Lipinski definition) is 5. The van der Waals surface area contributed by atoms with Crippen LogP contribution in [-0.4, -0.2) is 28.3 Å². The topological polar surface area (TPSA) is 90.3 Å². The van der Waals surface area contributed by atoms with Crippen molar-refractivity contribution in [1.82, 2.24) is 9.78 Å². The number of esters is 1. The highest BCUT2D eigenvalue weighted by molar-refractivity contribution is 6.14. The molecule has 0 spiro atoms. The third-order valence-electron chi connectivity index (χ3n) is 4.68. The molecule has 31 heavy (non-hydrogen) atoms. The molecule has 0 radical (unpaired) electrons. The highest BCUT2D eigenvalue weighted by Crippen LogP contribution is 2.21. The first kappa shape index (κ1) is 20.0. The largest absolute Gasteiger partial charge is 0.461 e.